The number of aliphatic hydroxyl groups excluding tert-OH is 1. The summed E-state index contributed by atoms with van der Waals surface area (Å²) in [7, 11) is 0. The van der Waals surface area contributed by atoms with Crippen LogP contribution in [0, 0.1) is 3.57 Å². The van der Waals surface area contributed by atoms with Crippen LogP contribution < -0.4 is 9.64 Å². The first-order valence-electron chi connectivity index (χ1n) is 9.70. The average molecular weight is 546 g/mol. The molecule has 1 atom stereocenters. The number of anilines is 1. The normalized spacial score (nSPS) is 17.9. The minimum absolute atomic E-state index is 0.0362. The second-order valence-electron chi connectivity index (χ2n) is 6.91. The summed E-state index contributed by atoms with van der Waals surface area (Å²) in [6.07, 6.45) is 2.43. The zero-order valence-electron chi connectivity index (χ0n) is 16.6. The molecule has 2 heterocycles. The highest BCUT2D eigenvalue weighted by atomic mass is 127. The summed E-state index contributed by atoms with van der Waals surface area (Å²) in [5, 5.41) is 13.3. The number of ketones is 1. The number of Topliss-reactive ketones (excluding diaryl/α,β-unsaturated/α-hetero) is 1. The molecule has 158 valence electrons. The van der Waals surface area contributed by atoms with Gasteiger partial charge in [-0.25, -0.2) is 4.98 Å². The lowest BCUT2D eigenvalue weighted by atomic mass is 9.95. The largest absolute Gasteiger partial charge is 0.507 e. The van der Waals surface area contributed by atoms with Gasteiger partial charge in [-0.1, -0.05) is 31.2 Å². The number of ether oxygens (including phenoxy) is 1. The van der Waals surface area contributed by atoms with E-state index in [4.69, 9.17) is 4.74 Å². The van der Waals surface area contributed by atoms with Crippen molar-refractivity contribution >= 4 is 56.5 Å². The molecule has 1 saturated heterocycles. The molecule has 1 unspecified atom stereocenters. The maximum atomic E-state index is 13.1. The minimum Gasteiger partial charge on any atom is -0.507 e. The van der Waals surface area contributed by atoms with Crippen molar-refractivity contribution < 1.29 is 19.4 Å². The van der Waals surface area contributed by atoms with Gasteiger partial charge in [0.05, 0.1) is 18.2 Å². The number of carbonyl (C=O) groups is 2. The average Bonchev–Trinajstić information content (AvgIpc) is 3.39. The molecule has 3 aromatic rings. The quantitative estimate of drug-likeness (QED) is 0.200. The third-order valence-electron chi connectivity index (χ3n) is 4.84. The van der Waals surface area contributed by atoms with Gasteiger partial charge < -0.3 is 9.84 Å². The van der Waals surface area contributed by atoms with Crippen molar-refractivity contribution in [3.63, 3.8) is 0 Å². The summed E-state index contributed by atoms with van der Waals surface area (Å²) in [5.74, 6) is -1.09. The Balaban J connectivity index is 1.86. The summed E-state index contributed by atoms with van der Waals surface area (Å²) in [4.78, 5) is 31.6. The van der Waals surface area contributed by atoms with Crippen LogP contribution in [0.1, 0.15) is 30.5 Å². The SMILES string of the molecule is CCCOc1cccc(C(O)=C2C(=O)C(=O)N(c3nccs3)C2c2ccc(I)cc2)c1. The molecule has 31 heavy (non-hydrogen) atoms. The van der Waals surface area contributed by atoms with E-state index in [2.05, 4.69) is 27.6 Å². The molecule has 6 nitrogen and oxygen atoms in total. The Morgan fingerprint density at radius 1 is 1.23 bits per heavy atom. The van der Waals surface area contributed by atoms with Crippen LogP contribution in [0.25, 0.3) is 5.76 Å². The van der Waals surface area contributed by atoms with Crippen LogP contribution >= 0.6 is 33.9 Å². The molecule has 4 rings (SSSR count). The third kappa shape index (κ3) is 4.22. The fraction of sp³-hybridized carbons (Fsp3) is 0.174. The van der Waals surface area contributed by atoms with Crippen molar-refractivity contribution in [1.29, 1.82) is 0 Å². The van der Waals surface area contributed by atoms with E-state index in [1.54, 1.807) is 35.8 Å². The van der Waals surface area contributed by atoms with E-state index >= 15 is 0 Å². The maximum Gasteiger partial charge on any atom is 0.301 e. The van der Waals surface area contributed by atoms with Crippen molar-refractivity contribution in [1.82, 2.24) is 4.98 Å². The number of nitrogens with zero attached hydrogens (tertiary/aromatic N) is 2. The molecule has 1 aliphatic heterocycles. The van der Waals surface area contributed by atoms with Crippen LogP contribution in [-0.2, 0) is 9.59 Å². The van der Waals surface area contributed by atoms with Crippen molar-refractivity contribution in [2.24, 2.45) is 0 Å². The first-order chi connectivity index (χ1) is 15.0. The topological polar surface area (TPSA) is 79.7 Å². The fourth-order valence-electron chi connectivity index (χ4n) is 3.43. The van der Waals surface area contributed by atoms with Crippen LogP contribution in [0.15, 0.2) is 65.7 Å². The van der Waals surface area contributed by atoms with E-state index in [9.17, 15) is 14.7 Å². The Morgan fingerprint density at radius 2 is 2.00 bits per heavy atom. The highest BCUT2D eigenvalue weighted by Gasteiger charge is 2.47. The number of carbonyl (C=O) groups excluding carboxylic acids is 2. The monoisotopic (exact) mass is 546 g/mol. The van der Waals surface area contributed by atoms with Crippen molar-refractivity contribution in [2.75, 3.05) is 11.5 Å². The van der Waals surface area contributed by atoms with Gasteiger partial charge in [-0.2, -0.15) is 0 Å². The first-order valence-corrected chi connectivity index (χ1v) is 11.7. The molecular formula is C23H19IN2O4S. The zero-order valence-corrected chi connectivity index (χ0v) is 19.6. The van der Waals surface area contributed by atoms with Crippen molar-refractivity contribution in [3.8, 4) is 5.75 Å². The molecule has 0 radical (unpaired) electrons. The van der Waals surface area contributed by atoms with Gasteiger partial charge >= 0.3 is 5.91 Å². The van der Waals surface area contributed by atoms with E-state index in [1.807, 2.05) is 31.2 Å². The number of aromatic nitrogens is 1. The molecule has 1 fully saturated rings. The Labute approximate surface area is 197 Å². The van der Waals surface area contributed by atoms with Gasteiger partial charge in [0.25, 0.3) is 5.78 Å². The van der Waals surface area contributed by atoms with Crippen LogP contribution in [-0.4, -0.2) is 28.4 Å². The van der Waals surface area contributed by atoms with Gasteiger partial charge in [-0.3, -0.25) is 14.5 Å². The van der Waals surface area contributed by atoms with E-state index in [-0.39, 0.29) is 11.3 Å². The Morgan fingerprint density at radius 3 is 2.68 bits per heavy atom. The Hall–Kier alpha value is -2.72. The Bertz CT molecular complexity index is 1140. The van der Waals surface area contributed by atoms with Gasteiger partial charge in [0.1, 0.15) is 11.5 Å². The molecule has 1 aromatic heterocycles. The smallest absolute Gasteiger partial charge is 0.301 e. The maximum absolute atomic E-state index is 13.1. The van der Waals surface area contributed by atoms with E-state index in [0.717, 1.165) is 15.6 Å². The number of hydrogen-bond donors (Lipinski definition) is 1. The van der Waals surface area contributed by atoms with Gasteiger partial charge in [0.2, 0.25) is 0 Å². The number of rotatable bonds is 6. The standard InChI is InChI=1S/C23H19IN2O4S/c1-2-11-30-17-5-3-4-15(13-17)20(27)18-19(14-6-8-16(24)9-7-14)26(22(29)21(18)28)23-25-10-12-31-23/h3-10,12-13,19,27H,2,11H2,1H3. The summed E-state index contributed by atoms with van der Waals surface area (Å²) >= 11 is 3.46. The molecule has 0 bridgehead atoms. The van der Waals surface area contributed by atoms with Crippen LogP contribution in [0.4, 0.5) is 5.13 Å². The number of aliphatic hydroxyl groups is 1. The number of benzene rings is 2. The highest BCUT2D eigenvalue weighted by molar-refractivity contribution is 14.1. The highest BCUT2D eigenvalue weighted by Crippen LogP contribution is 2.42. The number of thiazole rings is 1. The van der Waals surface area contributed by atoms with Gasteiger partial charge in [0.15, 0.2) is 5.13 Å². The van der Waals surface area contributed by atoms with E-state index in [1.165, 1.54) is 16.2 Å². The van der Waals surface area contributed by atoms with Crippen molar-refractivity contribution in [3.05, 3.63) is 80.4 Å². The number of halogens is 1. The van der Waals surface area contributed by atoms with Gasteiger partial charge in [-0.15, -0.1) is 11.3 Å². The second-order valence-corrected chi connectivity index (χ2v) is 9.03. The first kappa shape index (κ1) is 21.5. The molecule has 8 heteroatoms. The second kappa shape index (κ2) is 9.19. The van der Waals surface area contributed by atoms with Crippen LogP contribution in [0.2, 0.25) is 0 Å². The lowest BCUT2D eigenvalue weighted by Crippen LogP contribution is -2.29. The van der Waals surface area contributed by atoms with E-state index < -0.39 is 17.7 Å². The summed E-state index contributed by atoms with van der Waals surface area (Å²) < 4.78 is 6.68. The third-order valence-corrected chi connectivity index (χ3v) is 6.33. The lowest BCUT2D eigenvalue weighted by molar-refractivity contribution is -0.132. The Kier molecular flexibility index (Phi) is 6.38. The minimum atomic E-state index is -0.775. The molecule has 1 amide bonds. The molecule has 2 aromatic carbocycles. The molecule has 1 N–H and O–H groups in total. The number of amides is 1. The van der Waals surface area contributed by atoms with Crippen molar-refractivity contribution in [2.45, 2.75) is 19.4 Å². The fourth-order valence-corrected chi connectivity index (χ4v) is 4.46. The molecule has 0 spiro atoms. The molecule has 0 aliphatic carbocycles. The summed E-state index contributed by atoms with van der Waals surface area (Å²) in [6, 6.07) is 13.6. The molecule has 1 aliphatic rings. The van der Waals surface area contributed by atoms with Crippen LogP contribution in [0.5, 0.6) is 5.75 Å². The number of hydrogen-bond acceptors (Lipinski definition) is 6. The lowest BCUT2D eigenvalue weighted by Gasteiger charge is -2.23. The zero-order chi connectivity index (χ0) is 22.0. The van der Waals surface area contributed by atoms with Gasteiger partial charge in [-0.05, 0) is 58.8 Å². The summed E-state index contributed by atoms with van der Waals surface area (Å²) in [6.45, 7) is 2.55. The predicted octanol–water partition coefficient (Wildman–Crippen LogP) is 5.16. The molecular weight excluding hydrogens is 527 g/mol. The summed E-state index contributed by atoms with van der Waals surface area (Å²) in [5.41, 5.74) is 1.17. The molecule has 0 saturated carbocycles. The predicted molar refractivity (Wildman–Crippen MR) is 128 cm³/mol. The van der Waals surface area contributed by atoms with Gasteiger partial charge in [0, 0.05) is 20.7 Å². The van der Waals surface area contributed by atoms with E-state index in [0.29, 0.717) is 23.1 Å². The van der Waals surface area contributed by atoms with Crippen LogP contribution in [0.3, 0.4) is 0 Å².